The number of hydrogen-bond donors (Lipinski definition) is 1. The van der Waals surface area contributed by atoms with E-state index >= 15 is 0 Å². The zero-order chi connectivity index (χ0) is 23.7. The highest BCUT2D eigenvalue weighted by molar-refractivity contribution is 7.92. The number of pyridine rings is 1. The van der Waals surface area contributed by atoms with E-state index in [4.69, 9.17) is 16.3 Å². The molecule has 0 bridgehead atoms. The molecule has 1 aromatic heterocycles. The van der Waals surface area contributed by atoms with Crippen LogP contribution < -0.4 is 9.46 Å². The van der Waals surface area contributed by atoms with Gasteiger partial charge in [0, 0.05) is 11.8 Å². The van der Waals surface area contributed by atoms with Crippen LogP contribution in [0, 0.1) is 5.82 Å². The monoisotopic (exact) mass is 476 g/mol. The average Bonchev–Trinajstić information content (AvgIpc) is 2.72. The quantitative estimate of drug-likeness (QED) is 0.493. The SMILES string of the molecule is COc1ccc(C(=O)c2ncc(Cl)cc2NS(=O)(=O)c2ccc(C(C)(C)C)cc2)cc1F. The van der Waals surface area contributed by atoms with Crippen molar-refractivity contribution in [2.75, 3.05) is 11.8 Å². The van der Waals surface area contributed by atoms with E-state index in [0.29, 0.717) is 0 Å². The summed E-state index contributed by atoms with van der Waals surface area (Å²) in [7, 11) is -2.74. The van der Waals surface area contributed by atoms with Gasteiger partial charge in [-0.25, -0.2) is 17.8 Å². The molecule has 6 nitrogen and oxygen atoms in total. The fourth-order valence-electron chi connectivity index (χ4n) is 2.98. The second-order valence-electron chi connectivity index (χ2n) is 8.11. The van der Waals surface area contributed by atoms with Crippen LogP contribution in [0.4, 0.5) is 10.1 Å². The van der Waals surface area contributed by atoms with Gasteiger partial charge in [0.05, 0.1) is 22.7 Å². The number of ether oxygens (including phenoxy) is 1. The molecule has 0 aliphatic heterocycles. The highest BCUT2D eigenvalue weighted by Crippen LogP contribution is 2.27. The Balaban J connectivity index is 1.97. The molecule has 0 saturated heterocycles. The molecular weight excluding hydrogens is 455 g/mol. The molecule has 3 aromatic rings. The Labute approximate surface area is 191 Å². The minimum absolute atomic E-state index is 0.0133. The van der Waals surface area contributed by atoms with Gasteiger partial charge in [0.25, 0.3) is 10.0 Å². The second-order valence-corrected chi connectivity index (χ2v) is 10.2. The van der Waals surface area contributed by atoms with Crippen LogP contribution in [-0.2, 0) is 15.4 Å². The topological polar surface area (TPSA) is 85.4 Å². The van der Waals surface area contributed by atoms with E-state index in [1.807, 2.05) is 20.8 Å². The molecule has 1 N–H and O–H groups in total. The first-order valence-electron chi connectivity index (χ1n) is 9.59. The van der Waals surface area contributed by atoms with Crippen molar-refractivity contribution in [2.24, 2.45) is 0 Å². The normalized spacial score (nSPS) is 11.8. The molecule has 1 heterocycles. The lowest BCUT2D eigenvalue weighted by Crippen LogP contribution is -2.18. The molecule has 3 rings (SSSR count). The largest absolute Gasteiger partial charge is 0.494 e. The van der Waals surface area contributed by atoms with Gasteiger partial charge in [0.15, 0.2) is 11.6 Å². The molecule has 0 amide bonds. The fraction of sp³-hybridized carbons (Fsp3) is 0.217. The fourth-order valence-corrected chi connectivity index (χ4v) is 4.20. The summed E-state index contributed by atoms with van der Waals surface area (Å²) in [5, 5.41) is 0.128. The van der Waals surface area contributed by atoms with Gasteiger partial charge in [-0.2, -0.15) is 0 Å². The van der Waals surface area contributed by atoms with Crippen molar-refractivity contribution in [1.82, 2.24) is 4.98 Å². The van der Waals surface area contributed by atoms with Crippen molar-refractivity contribution in [1.29, 1.82) is 0 Å². The third-order valence-corrected chi connectivity index (χ3v) is 6.35. The van der Waals surface area contributed by atoms with Crippen LogP contribution in [0.15, 0.2) is 59.6 Å². The Kier molecular flexibility index (Phi) is 6.57. The minimum Gasteiger partial charge on any atom is -0.494 e. The molecule has 0 saturated carbocycles. The predicted octanol–water partition coefficient (Wildman–Crippen LogP) is 5.21. The van der Waals surface area contributed by atoms with Crippen molar-refractivity contribution < 1.29 is 22.3 Å². The number of ketones is 1. The number of halogens is 2. The summed E-state index contributed by atoms with van der Waals surface area (Å²) in [5.41, 5.74) is 0.485. The Bertz CT molecular complexity index is 1270. The van der Waals surface area contributed by atoms with Gasteiger partial charge in [-0.15, -0.1) is 0 Å². The summed E-state index contributed by atoms with van der Waals surface area (Å²) in [6, 6.07) is 11.4. The van der Waals surface area contributed by atoms with E-state index in [1.54, 1.807) is 12.1 Å². The Morgan fingerprint density at radius 2 is 1.75 bits per heavy atom. The lowest BCUT2D eigenvalue weighted by atomic mass is 9.87. The summed E-state index contributed by atoms with van der Waals surface area (Å²) < 4.78 is 47.2. The molecule has 32 heavy (non-hydrogen) atoms. The molecule has 0 aliphatic carbocycles. The lowest BCUT2D eigenvalue weighted by Gasteiger charge is -2.19. The number of sulfonamides is 1. The van der Waals surface area contributed by atoms with Gasteiger partial charge in [-0.1, -0.05) is 44.5 Å². The molecule has 0 spiro atoms. The van der Waals surface area contributed by atoms with Gasteiger partial charge in [-0.05, 0) is 47.4 Å². The first kappa shape index (κ1) is 23.7. The van der Waals surface area contributed by atoms with Crippen LogP contribution in [0.2, 0.25) is 5.02 Å². The first-order chi connectivity index (χ1) is 14.9. The molecular formula is C23H22ClFN2O4S. The maximum absolute atomic E-state index is 14.1. The van der Waals surface area contributed by atoms with Crippen LogP contribution in [0.25, 0.3) is 0 Å². The molecule has 0 aliphatic rings. The zero-order valence-electron chi connectivity index (χ0n) is 17.9. The van der Waals surface area contributed by atoms with Crippen LogP contribution in [0.1, 0.15) is 42.4 Å². The standard InChI is InChI=1S/C23H22ClFN2O4S/c1-23(2,3)15-6-8-17(9-7-15)32(29,30)27-19-12-16(24)13-26-21(19)22(28)14-5-10-20(31-4)18(25)11-14/h5-13,27H,1-4H3. The average molecular weight is 477 g/mol. The molecule has 0 atom stereocenters. The van der Waals surface area contributed by atoms with Gasteiger partial charge in [-0.3, -0.25) is 9.52 Å². The molecule has 9 heteroatoms. The highest BCUT2D eigenvalue weighted by atomic mass is 35.5. The predicted molar refractivity (Wildman–Crippen MR) is 122 cm³/mol. The van der Waals surface area contributed by atoms with Crippen molar-refractivity contribution in [2.45, 2.75) is 31.1 Å². The van der Waals surface area contributed by atoms with E-state index in [2.05, 4.69) is 9.71 Å². The van der Waals surface area contributed by atoms with E-state index in [-0.39, 0.29) is 38.0 Å². The van der Waals surface area contributed by atoms with Crippen LogP contribution in [-0.4, -0.2) is 26.3 Å². The lowest BCUT2D eigenvalue weighted by molar-refractivity contribution is 0.103. The summed E-state index contributed by atoms with van der Waals surface area (Å²) in [6.07, 6.45) is 1.21. The maximum atomic E-state index is 14.1. The van der Waals surface area contributed by atoms with Crippen molar-refractivity contribution in [3.05, 3.63) is 82.4 Å². The number of rotatable bonds is 6. The summed E-state index contributed by atoms with van der Waals surface area (Å²) in [5.74, 6) is -1.43. The zero-order valence-corrected chi connectivity index (χ0v) is 19.5. The van der Waals surface area contributed by atoms with Crippen molar-refractivity contribution in [3.63, 3.8) is 0 Å². The van der Waals surface area contributed by atoms with E-state index in [0.717, 1.165) is 11.6 Å². The number of nitrogens with zero attached hydrogens (tertiary/aromatic N) is 1. The number of benzene rings is 2. The number of anilines is 1. The molecule has 0 unspecified atom stereocenters. The molecule has 0 fully saturated rings. The number of aromatic nitrogens is 1. The molecule has 0 radical (unpaired) electrons. The smallest absolute Gasteiger partial charge is 0.261 e. The van der Waals surface area contributed by atoms with Gasteiger partial charge < -0.3 is 4.74 Å². The van der Waals surface area contributed by atoms with Crippen LogP contribution in [0.5, 0.6) is 5.75 Å². The first-order valence-corrected chi connectivity index (χ1v) is 11.5. The van der Waals surface area contributed by atoms with Gasteiger partial charge >= 0.3 is 0 Å². The van der Waals surface area contributed by atoms with E-state index in [1.165, 1.54) is 43.6 Å². The van der Waals surface area contributed by atoms with Crippen molar-refractivity contribution in [3.8, 4) is 5.75 Å². The van der Waals surface area contributed by atoms with E-state index in [9.17, 15) is 17.6 Å². The van der Waals surface area contributed by atoms with Crippen molar-refractivity contribution >= 4 is 33.1 Å². The number of hydrogen-bond acceptors (Lipinski definition) is 5. The Morgan fingerprint density at radius 3 is 2.31 bits per heavy atom. The minimum atomic E-state index is -4.04. The molecule has 2 aromatic carbocycles. The number of carbonyl (C=O) groups is 1. The Hall–Kier alpha value is -2.97. The van der Waals surface area contributed by atoms with E-state index < -0.39 is 21.6 Å². The molecule has 168 valence electrons. The second kappa shape index (κ2) is 8.88. The van der Waals surface area contributed by atoms with Crippen LogP contribution >= 0.6 is 11.6 Å². The number of methoxy groups -OCH3 is 1. The number of nitrogens with one attached hydrogen (secondary N) is 1. The van der Waals surface area contributed by atoms with Gasteiger partial charge in [0.1, 0.15) is 5.69 Å². The maximum Gasteiger partial charge on any atom is 0.261 e. The number of carbonyl (C=O) groups excluding carboxylic acids is 1. The third-order valence-electron chi connectivity index (χ3n) is 4.76. The summed E-state index contributed by atoms with van der Waals surface area (Å²) >= 11 is 5.99. The van der Waals surface area contributed by atoms with Crippen LogP contribution in [0.3, 0.4) is 0 Å². The summed E-state index contributed by atoms with van der Waals surface area (Å²) in [6.45, 7) is 6.06. The summed E-state index contributed by atoms with van der Waals surface area (Å²) in [4.78, 5) is 17.0. The highest BCUT2D eigenvalue weighted by Gasteiger charge is 2.23. The van der Waals surface area contributed by atoms with Gasteiger partial charge in [0.2, 0.25) is 5.78 Å². The third kappa shape index (κ3) is 5.08. The Morgan fingerprint density at radius 1 is 1.09 bits per heavy atom.